The summed E-state index contributed by atoms with van der Waals surface area (Å²) in [5.41, 5.74) is 2.56. The van der Waals surface area contributed by atoms with Crippen molar-refractivity contribution >= 4 is 0 Å². The van der Waals surface area contributed by atoms with Gasteiger partial charge in [-0.25, -0.2) is 0 Å². The quantitative estimate of drug-likeness (QED) is 0.263. The molecule has 0 amide bonds. The van der Waals surface area contributed by atoms with Gasteiger partial charge in [-0.05, 0) is 0 Å². The van der Waals surface area contributed by atoms with E-state index in [1.165, 1.54) is 0 Å². The molecule has 0 aliphatic carbocycles. The number of rotatable bonds is 4. The standard InChI is InChI=1S/C5H15N3/c1-5(2)7-3-4-8-6/h5,7-8H,3-4,6H2,1-2H3. The number of nitrogens with one attached hydrogen (secondary N) is 2. The third-order valence-electron chi connectivity index (χ3n) is 0.822. The Hall–Kier alpha value is -0.120. The molecule has 0 aromatic rings. The van der Waals surface area contributed by atoms with E-state index in [1.807, 2.05) is 0 Å². The Labute approximate surface area is 50.6 Å². The van der Waals surface area contributed by atoms with Crippen LogP contribution in [-0.2, 0) is 0 Å². The smallest absolute Gasteiger partial charge is 0.0223 e. The molecule has 0 aromatic heterocycles. The molecule has 0 aliphatic rings. The van der Waals surface area contributed by atoms with Gasteiger partial charge in [-0.3, -0.25) is 11.3 Å². The van der Waals surface area contributed by atoms with Crippen LogP contribution in [-0.4, -0.2) is 19.1 Å². The van der Waals surface area contributed by atoms with Gasteiger partial charge in [-0.15, -0.1) is 0 Å². The van der Waals surface area contributed by atoms with E-state index in [0.717, 1.165) is 13.1 Å². The van der Waals surface area contributed by atoms with Crippen molar-refractivity contribution < 1.29 is 0 Å². The number of hydrazine groups is 1. The first kappa shape index (κ1) is 7.88. The first-order valence-electron chi connectivity index (χ1n) is 2.94. The lowest BCUT2D eigenvalue weighted by Gasteiger charge is -2.05. The maximum absolute atomic E-state index is 5.02. The monoisotopic (exact) mass is 117 g/mol. The van der Waals surface area contributed by atoms with Gasteiger partial charge in [0, 0.05) is 19.1 Å². The second kappa shape index (κ2) is 5.03. The van der Waals surface area contributed by atoms with Gasteiger partial charge < -0.3 is 5.32 Å². The predicted octanol–water partition coefficient (Wildman–Crippen LogP) is -0.552. The van der Waals surface area contributed by atoms with Crippen LogP contribution in [0.4, 0.5) is 0 Å². The van der Waals surface area contributed by atoms with Crippen LogP contribution in [0.2, 0.25) is 0 Å². The summed E-state index contributed by atoms with van der Waals surface area (Å²) < 4.78 is 0. The van der Waals surface area contributed by atoms with Crippen molar-refractivity contribution in [2.45, 2.75) is 19.9 Å². The average molecular weight is 117 g/mol. The van der Waals surface area contributed by atoms with Gasteiger partial charge in [0.1, 0.15) is 0 Å². The Morgan fingerprint density at radius 1 is 1.38 bits per heavy atom. The zero-order valence-corrected chi connectivity index (χ0v) is 5.57. The first-order chi connectivity index (χ1) is 3.77. The minimum Gasteiger partial charge on any atom is -0.313 e. The van der Waals surface area contributed by atoms with E-state index in [-0.39, 0.29) is 0 Å². The SMILES string of the molecule is CC(C)NCCNN. The summed E-state index contributed by atoms with van der Waals surface area (Å²) in [6, 6.07) is 0.559. The zero-order valence-electron chi connectivity index (χ0n) is 5.57. The van der Waals surface area contributed by atoms with Gasteiger partial charge in [-0.2, -0.15) is 0 Å². The molecule has 0 unspecified atom stereocenters. The minimum absolute atomic E-state index is 0.559. The molecule has 0 rings (SSSR count). The van der Waals surface area contributed by atoms with Gasteiger partial charge in [0.2, 0.25) is 0 Å². The van der Waals surface area contributed by atoms with Gasteiger partial charge in [0.25, 0.3) is 0 Å². The lowest BCUT2D eigenvalue weighted by Crippen LogP contribution is -2.34. The summed E-state index contributed by atoms with van der Waals surface area (Å²) in [5, 5.41) is 3.20. The van der Waals surface area contributed by atoms with E-state index in [1.54, 1.807) is 0 Å². The van der Waals surface area contributed by atoms with Crippen molar-refractivity contribution in [3.63, 3.8) is 0 Å². The lowest BCUT2D eigenvalue weighted by molar-refractivity contribution is 0.563. The van der Waals surface area contributed by atoms with E-state index < -0.39 is 0 Å². The van der Waals surface area contributed by atoms with E-state index in [9.17, 15) is 0 Å². The van der Waals surface area contributed by atoms with Crippen LogP contribution in [0.1, 0.15) is 13.8 Å². The molecule has 8 heavy (non-hydrogen) atoms. The third-order valence-corrected chi connectivity index (χ3v) is 0.822. The molecule has 3 heteroatoms. The molecule has 0 atom stereocenters. The Bertz CT molecular complexity index is 44.9. The summed E-state index contributed by atoms with van der Waals surface area (Å²) in [5.74, 6) is 5.02. The number of hydrogen-bond acceptors (Lipinski definition) is 3. The van der Waals surface area contributed by atoms with Crippen LogP contribution < -0.4 is 16.6 Å². The highest BCUT2D eigenvalue weighted by Gasteiger charge is 1.87. The number of hydrogen-bond donors (Lipinski definition) is 3. The molecule has 0 saturated carbocycles. The normalized spacial score (nSPS) is 10.5. The van der Waals surface area contributed by atoms with E-state index in [2.05, 4.69) is 24.6 Å². The molecular formula is C5H15N3. The topological polar surface area (TPSA) is 50.1 Å². The van der Waals surface area contributed by atoms with Gasteiger partial charge in [0.05, 0.1) is 0 Å². The molecule has 0 saturated heterocycles. The average Bonchev–Trinajstić information content (AvgIpc) is 1.66. The largest absolute Gasteiger partial charge is 0.313 e. The summed E-state index contributed by atoms with van der Waals surface area (Å²) in [4.78, 5) is 0. The molecule has 0 spiro atoms. The molecule has 0 fully saturated rings. The summed E-state index contributed by atoms with van der Waals surface area (Å²) in [6.45, 7) is 5.99. The predicted molar refractivity (Wildman–Crippen MR) is 35.3 cm³/mol. The van der Waals surface area contributed by atoms with Crippen molar-refractivity contribution in [2.24, 2.45) is 5.84 Å². The fourth-order valence-corrected chi connectivity index (χ4v) is 0.433. The second-order valence-electron chi connectivity index (χ2n) is 2.06. The molecule has 0 aromatic carbocycles. The van der Waals surface area contributed by atoms with E-state index in [4.69, 9.17) is 5.84 Å². The molecule has 50 valence electrons. The van der Waals surface area contributed by atoms with Crippen LogP contribution in [0.15, 0.2) is 0 Å². The van der Waals surface area contributed by atoms with Crippen molar-refractivity contribution in [2.75, 3.05) is 13.1 Å². The molecule has 0 radical (unpaired) electrons. The Morgan fingerprint density at radius 2 is 2.00 bits per heavy atom. The van der Waals surface area contributed by atoms with Crippen LogP contribution in [0, 0.1) is 0 Å². The fourth-order valence-electron chi connectivity index (χ4n) is 0.433. The molecular weight excluding hydrogens is 102 g/mol. The highest BCUT2D eigenvalue weighted by atomic mass is 15.2. The summed E-state index contributed by atoms with van der Waals surface area (Å²) >= 11 is 0. The maximum atomic E-state index is 5.02. The molecule has 3 nitrogen and oxygen atoms in total. The van der Waals surface area contributed by atoms with Crippen molar-refractivity contribution in [3.8, 4) is 0 Å². The van der Waals surface area contributed by atoms with Crippen LogP contribution in [0.25, 0.3) is 0 Å². The van der Waals surface area contributed by atoms with Gasteiger partial charge in [0.15, 0.2) is 0 Å². The second-order valence-corrected chi connectivity index (χ2v) is 2.06. The lowest BCUT2D eigenvalue weighted by atomic mass is 10.4. The Kier molecular flexibility index (Phi) is 4.95. The Morgan fingerprint density at radius 3 is 2.38 bits per heavy atom. The summed E-state index contributed by atoms with van der Waals surface area (Å²) in [7, 11) is 0. The zero-order chi connectivity index (χ0) is 6.41. The maximum Gasteiger partial charge on any atom is 0.0223 e. The highest BCUT2D eigenvalue weighted by molar-refractivity contribution is 4.51. The molecule has 0 bridgehead atoms. The van der Waals surface area contributed by atoms with Crippen LogP contribution in [0.5, 0.6) is 0 Å². The van der Waals surface area contributed by atoms with Gasteiger partial charge >= 0.3 is 0 Å². The molecule has 0 heterocycles. The minimum atomic E-state index is 0.559. The van der Waals surface area contributed by atoms with Crippen LogP contribution >= 0.6 is 0 Å². The molecule has 4 N–H and O–H groups in total. The molecule has 0 aliphatic heterocycles. The van der Waals surface area contributed by atoms with E-state index >= 15 is 0 Å². The summed E-state index contributed by atoms with van der Waals surface area (Å²) in [6.07, 6.45) is 0. The van der Waals surface area contributed by atoms with Crippen molar-refractivity contribution in [1.29, 1.82) is 0 Å². The highest BCUT2D eigenvalue weighted by Crippen LogP contribution is 1.71. The van der Waals surface area contributed by atoms with Crippen molar-refractivity contribution in [1.82, 2.24) is 10.7 Å². The van der Waals surface area contributed by atoms with Gasteiger partial charge in [-0.1, -0.05) is 13.8 Å². The van der Waals surface area contributed by atoms with Crippen molar-refractivity contribution in [3.05, 3.63) is 0 Å². The first-order valence-corrected chi connectivity index (χ1v) is 2.94. The number of nitrogens with two attached hydrogens (primary N) is 1. The van der Waals surface area contributed by atoms with E-state index in [0.29, 0.717) is 6.04 Å². The third kappa shape index (κ3) is 5.88. The van der Waals surface area contributed by atoms with Crippen LogP contribution in [0.3, 0.4) is 0 Å². The Balaban J connectivity index is 2.72. The fraction of sp³-hybridized carbons (Fsp3) is 1.00.